The lowest BCUT2D eigenvalue weighted by molar-refractivity contribution is 0.331. The Balaban J connectivity index is 2.16. The molecule has 4 nitrogen and oxygen atoms in total. The Morgan fingerprint density at radius 3 is 2.63 bits per heavy atom. The third-order valence-electron chi connectivity index (χ3n) is 3.32. The predicted octanol–water partition coefficient (Wildman–Crippen LogP) is 3.00. The Morgan fingerprint density at radius 1 is 1.11 bits per heavy atom. The van der Waals surface area contributed by atoms with Crippen molar-refractivity contribution in [1.29, 1.82) is 0 Å². The van der Waals surface area contributed by atoms with E-state index >= 15 is 0 Å². The van der Waals surface area contributed by atoms with Gasteiger partial charge in [0.2, 0.25) is 11.5 Å². The number of aromatic hydroxyl groups is 2. The maximum atomic E-state index is 10.2. The molecular formula is C15H14O4. The van der Waals surface area contributed by atoms with Crippen LogP contribution in [0.25, 0.3) is 0 Å². The molecule has 0 spiro atoms. The number of hydrogen-bond acceptors (Lipinski definition) is 4. The van der Waals surface area contributed by atoms with E-state index in [1.54, 1.807) is 6.07 Å². The summed E-state index contributed by atoms with van der Waals surface area (Å²) in [5, 5.41) is 20.0. The van der Waals surface area contributed by atoms with Crippen molar-refractivity contribution < 1.29 is 19.7 Å². The topological polar surface area (TPSA) is 58.9 Å². The molecule has 2 N–H and O–H groups in total. The third kappa shape index (κ3) is 1.85. The molecule has 0 atom stereocenters. The van der Waals surface area contributed by atoms with Crippen LogP contribution < -0.4 is 9.47 Å². The van der Waals surface area contributed by atoms with Crippen LogP contribution in [-0.2, 0) is 12.8 Å². The summed E-state index contributed by atoms with van der Waals surface area (Å²) in [5.74, 6) is 0.893. The number of hydrogen-bond donors (Lipinski definition) is 2. The number of para-hydroxylation sites is 1. The second-order valence-electron chi connectivity index (χ2n) is 4.48. The van der Waals surface area contributed by atoms with Crippen LogP contribution in [-0.4, -0.2) is 17.3 Å². The van der Waals surface area contributed by atoms with Gasteiger partial charge in [0.25, 0.3) is 0 Å². The van der Waals surface area contributed by atoms with Crippen LogP contribution >= 0.6 is 0 Å². The average molecular weight is 258 g/mol. The molecule has 0 bridgehead atoms. The van der Waals surface area contributed by atoms with Crippen molar-refractivity contribution >= 4 is 0 Å². The predicted molar refractivity (Wildman–Crippen MR) is 70.2 cm³/mol. The number of methoxy groups -OCH3 is 1. The van der Waals surface area contributed by atoms with Crippen molar-refractivity contribution in [2.75, 3.05) is 7.11 Å². The van der Waals surface area contributed by atoms with Gasteiger partial charge in [0, 0.05) is 5.56 Å². The minimum absolute atomic E-state index is 0.0399. The van der Waals surface area contributed by atoms with Crippen LogP contribution in [0.1, 0.15) is 11.1 Å². The Bertz CT molecular complexity index is 634. The SMILES string of the molecule is COc1c(O)cc2c(c1O)Oc1ccccc1CC2. The third-order valence-corrected chi connectivity index (χ3v) is 3.32. The highest BCUT2D eigenvalue weighted by Gasteiger charge is 2.23. The fraction of sp³-hybridized carbons (Fsp3) is 0.200. The standard InChI is InChI=1S/C15H14O4/c1-18-15-11(16)8-10-7-6-9-4-2-3-5-12(9)19-14(10)13(15)17/h2-5,8,16-17H,6-7H2,1H3. The van der Waals surface area contributed by atoms with Gasteiger partial charge in [-0.05, 0) is 30.5 Å². The summed E-state index contributed by atoms with van der Waals surface area (Å²) < 4.78 is 10.8. The van der Waals surface area contributed by atoms with Crippen molar-refractivity contribution in [1.82, 2.24) is 0 Å². The van der Waals surface area contributed by atoms with Crippen molar-refractivity contribution in [2.24, 2.45) is 0 Å². The van der Waals surface area contributed by atoms with Crippen LogP contribution in [0.3, 0.4) is 0 Å². The molecule has 0 amide bonds. The first-order valence-electron chi connectivity index (χ1n) is 6.08. The fourth-order valence-corrected chi connectivity index (χ4v) is 2.36. The van der Waals surface area contributed by atoms with Crippen molar-refractivity contribution in [2.45, 2.75) is 12.8 Å². The van der Waals surface area contributed by atoms with E-state index in [2.05, 4.69) is 0 Å². The lowest BCUT2D eigenvalue weighted by Crippen LogP contribution is -1.93. The largest absolute Gasteiger partial charge is 0.504 e. The molecule has 4 heteroatoms. The summed E-state index contributed by atoms with van der Waals surface area (Å²) in [7, 11) is 1.39. The van der Waals surface area contributed by atoms with E-state index in [1.807, 2.05) is 24.3 Å². The number of phenols is 2. The Hall–Kier alpha value is -2.36. The summed E-state index contributed by atoms with van der Waals surface area (Å²) in [6.07, 6.45) is 1.49. The van der Waals surface area contributed by atoms with Crippen LogP contribution in [0.4, 0.5) is 0 Å². The quantitative estimate of drug-likeness (QED) is 0.825. The highest BCUT2D eigenvalue weighted by Crippen LogP contribution is 2.48. The molecule has 0 radical (unpaired) electrons. The van der Waals surface area contributed by atoms with Gasteiger partial charge in [-0.15, -0.1) is 0 Å². The molecule has 1 heterocycles. The van der Waals surface area contributed by atoms with Gasteiger partial charge >= 0.3 is 0 Å². The second-order valence-corrected chi connectivity index (χ2v) is 4.48. The molecule has 0 unspecified atom stereocenters. The molecule has 2 aromatic rings. The van der Waals surface area contributed by atoms with Crippen LogP contribution in [0.2, 0.25) is 0 Å². The summed E-state index contributed by atoms with van der Waals surface area (Å²) in [4.78, 5) is 0. The molecule has 0 saturated carbocycles. The molecule has 0 aliphatic carbocycles. The maximum Gasteiger partial charge on any atom is 0.206 e. The van der Waals surface area contributed by atoms with Gasteiger partial charge in [0.1, 0.15) is 5.75 Å². The molecule has 2 aromatic carbocycles. The molecule has 0 saturated heterocycles. The molecule has 19 heavy (non-hydrogen) atoms. The van der Waals surface area contributed by atoms with E-state index in [9.17, 15) is 10.2 Å². The number of fused-ring (bicyclic) bond motifs is 2. The highest BCUT2D eigenvalue weighted by atomic mass is 16.5. The van der Waals surface area contributed by atoms with E-state index in [4.69, 9.17) is 9.47 Å². The Labute approximate surface area is 110 Å². The van der Waals surface area contributed by atoms with Gasteiger partial charge in [0.15, 0.2) is 11.5 Å². The molecule has 98 valence electrons. The molecule has 1 aliphatic heterocycles. The zero-order chi connectivity index (χ0) is 13.4. The van der Waals surface area contributed by atoms with Crippen LogP contribution in [0, 0.1) is 0 Å². The van der Waals surface area contributed by atoms with Crippen molar-refractivity contribution in [3.05, 3.63) is 41.5 Å². The molecule has 0 aromatic heterocycles. The summed E-state index contributed by atoms with van der Waals surface area (Å²) in [5.41, 5.74) is 1.85. The summed E-state index contributed by atoms with van der Waals surface area (Å²) in [6, 6.07) is 9.28. The Morgan fingerprint density at radius 2 is 1.84 bits per heavy atom. The smallest absolute Gasteiger partial charge is 0.206 e. The maximum absolute atomic E-state index is 10.2. The van der Waals surface area contributed by atoms with E-state index in [0.29, 0.717) is 12.2 Å². The minimum atomic E-state index is -0.158. The van der Waals surface area contributed by atoms with Gasteiger partial charge in [-0.3, -0.25) is 0 Å². The number of benzene rings is 2. The second kappa shape index (κ2) is 4.39. The molecule has 0 fully saturated rings. The summed E-state index contributed by atoms with van der Waals surface area (Å²) >= 11 is 0. The van der Waals surface area contributed by atoms with E-state index in [1.165, 1.54) is 7.11 Å². The van der Waals surface area contributed by atoms with Gasteiger partial charge in [-0.2, -0.15) is 0 Å². The number of rotatable bonds is 1. The highest BCUT2D eigenvalue weighted by molar-refractivity contribution is 5.63. The average Bonchev–Trinajstić information content (AvgIpc) is 2.59. The van der Waals surface area contributed by atoms with Crippen molar-refractivity contribution in [3.8, 4) is 28.7 Å². The Kier molecular flexibility index (Phi) is 2.71. The zero-order valence-corrected chi connectivity index (χ0v) is 10.5. The van der Waals surface area contributed by atoms with E-state index in [-0.39, 0.29) is 17.2 Å². The normalized spacial score (nSPS) is 12.9. The van der Waals surface area contributed by atoms with E-state index in [0.717, 1.165) is 23.3 Å². The van der Waals surface area contributed by atoms with Crippen molar-refractivity contribution in [3.63, 3.8) is 0 Å². The first-order chi connectivity index (χ1) is 9.20. The number of ether oxygens (including phenoxy) is 2. The summed E-state index contributed by atoms with van der Waals surface area (Å²) in [6.45, 7) is 0. The van der Waals surface area contributed by atoms with Crippen LogP contribution in [0.5, 0.6) is 28.7 Å². The lowest BCUT2D eigenvalue weighted by Gasteiger charge is -2.14. The zero-order valence-electron chi connectivity index (χ0n) is 10.5. The molecule has 3 rings (SSSR count). The number of phenolic OH excluding ortho intramolecular Hbond substituents is 2. The van der Waals surface area contributed by atoms with Gasteiger partial charge in [-0.25, -0.2) is 0 Å². The minimum Gasteiger partial charge on any atom is -0.504 e. The lowest BCUT2D eigenvalue weighted by atomic mass is 10.0. The van der Waals surface area contributed by atoms with Gasteiger partial charge in [0.05, 0.1) is 7.11 Å². The first-order valence-corrected chi connectivity index (χ1v) is 6.08. The van der Waals surface area contributed by atoms with Crippen LogP contribution in [0.15, 0.2) is 30.3 Å². The molecular weight excluding hydrogens is 244 g/mol. The molecule has 1 aliphatic rings. The first kappa shape index (κ1) is 11.7. The number of aryl methyl sites for hydroxylation is 2. The van der Waals surface area contributed by atoms with Gasteiger partial charge < -0.3 is 19.7 Å². The van der Waals surface area contributed by atoms with Gasteiger partial charge in [-0.1, -0.05) is 18.2 Å². The fourth-order valence-electron chi connectivity index (χ4n) is 2.36. The van der Waals surface area contributed by atoms with E-state index < -0.39 is 0 Å². The monoisotopic (exact) mass is 258 g/mol.